The van der Waals surface area contributed by atoms with E-state index in [-0.39, 0.29) is 6.10 Å². The van der Waals surface area contributed by atoms with Crippen molar-refractivity contribution in [2.24, 2.45) is 0 Å². The lowest BCUT2D eigenvalue weighted by atomic mass is 10.1. The van der Waals surface area contributed by atoms with Gasteiger partial charge in [0.2, 0.25) is 5.88 Å². The second-order valence-electron chi connectivity index (χ2n) is 5.85. The number of pyridine rings is 1. The number of rotatable bonds is 4. The normalized spacial score (nSPS) is 15.4. The number of ether oxygens (including phenoxy) is 2. The summed E-state index contributed by atoms with van der Waals surface area (Å²) >= 11 is 6.18. The minimum atomic E-state index is 0.176. The van der Waals surface area contributed by atoms with Gasteiger partial charge >= 0.3 is 0 Å². The first-order chi connectivity index (χ1) is 11.6. The van der Waals surface area contributed by atoms with E-state index >= 15 is 0 Å². The number of nitrogens with zero attached hydrogens (tertiary/aromatic N) is 4. The van der Waals surface area contributed by atoms with Gasteiger partial charge in [-0.05, 0) is 19.9 Å². The topological polar surface area (TPSA) is 60.4 Å². The fourth-order valence-electron chi connectivity index (χ4n) is 2.82. The minimum absolute atomic E-state index is 0.176. The number of aromatic nitrogens is 3. The van der Waals surface area contributed by atoms with E-state index in [9.17, 15) is 0 Å². The molecule has 1 saturated heterocycles. The van der Waals surface area contributed by atoms with Crippen LogP contribution < -0.4 is 14.4 Å². The number of aryl methyl sites for hydroxylation is 1. The Morgan fingerprint density at radius 1 is 1.17 bits per heavy atom. The Hall–Kier alpha value is -2.08. The van der Waals surface area contributed by atoms with E-state index in [2.05, 4.69) is 19.9 Å². The molecule has 0 aromatic carbocycles. The molecule has 3 rings (SSSR count). The van der Waals surface area contributed by atoms with Gasteiger partial charge in [-0.15, -0.1) is 0 Å². The predicted molar refractivity (Wildman–Crippen MR) is 93.2 cm³/mol. The van der Waals surface area contributed by atoms with Crippen molar-refractivity contribution in [3.05, 3.63) is 34.9 Å². The monoisotopic (exact) mass is 348 g/mol. The van der Waals surface area contributed by atoms with Crippen molar-refractivity contribution in [2.45, 2.75) is 32.8 Å². The minimum Gasteiger partial charge on any atom is -0.489 e. The standard InChI is InChI=1S/C17H21ClN4O2/c1-11-16(18)20-12(2)21-17(11)22-8-6-13(7-9-22)24-14-4-5-15(23-3)19-10-14/h4-5,10,13H,6-9H2,1-3H3. The number of piperidine rings is 1. The molecule has 2 aromatic rings. The maximum absolute atomic E-state index is 6.18. The maximum atomic E-state index is 6.18. The fourth-order valence-corrected chi connectivity index (χ4v) is 3.03. The van der Waals surface area contributed by atoms with E-state index in [0.29, 0.717) is 16.9 Å². The largest absolute Gasteiger partial charge is 0.489 e. The smallest absolute Gasteiger partial charge is 0.213 e. The number of hydrogen-bond acceptors (Lipinski definition) is 6. The van der Waals surface area contributed by atoms with E-state index in [1.54, 1.807) is 19.4 Å². The summed E-state index contributed by atoms with van der Waals surface area (Å²) in [5.74, 6) is 2.98. The third-order valence-corrected chi connectivity index (χ3v) is 4.50. The van der Waals surface area contributed by atoms with Crippen LogP contribution in [-0.4, -0.2) is 41.3 Å². The van der Waals surface area contributed by atoms with Crippen molar-refractivity contribution in [1.29, 1.82) is 0 Å². The Morgan fingerprint density at radius 2 is 1.92 bits per heavy atom. The molecule has 0 spiro atoms. The Kier molecular flexibility index (Phi) is 5.04. The molecule has 0 bridgehead atoms. The summed E-state index contributed by atoms with van der Waals surface area (Å²) in [4.78, 5) is 15.2. The van der Waals surface area contributed by atoms with Gasteiger partial charge in [0.25, 0.3) is 0 Å². The molecule has 2 aromatic heterocycles. The Morgan fingerprint density at radius 3 is 2.54 bits per heavy atom. The molecule has 24 heavy (non-hydrogen) atoms. The van der Waals surface area contributed by atoms with E-state index in [4.69, 9.17) is 21.1 Å². The molecule has 6 nitrogen and oxygen atoms in total. The second kappa shape index (κ2) is 7.21. The molecule has 7 heteroatoms. The van der Waals surface area contributed by atoms with Crippen molar-refractivity contribution in [3.8, 4) is 11.6 Å². The summed E-state index contributed by atoms with van der Waals surface area (Å²) in [6.07, 6.45) is 3.72. The van der Waals surface area contributed by atoms with E-state index in [1.165, 1.54) is 0 Å². The predicted octanol–water partition coefficient (Wildman–Crippen LogP) is 3.20. The Labute approximate surface area is 146 Å². The van der Waals surface area contributed by atoms with Gasteiger partial charge in [0.05, 0.1) is 13.3 Å². The summed E-state index contributed by atoms with van der Waals surface area (Å²) in [6.45, 7) is 5.58. The van der Waals surface area contributed by atoms with Crippen molar-refractivity contribution in [3.63, 3.8) is 0 Å². The molecule has 1 fully saturated rings. The maximum Gasteiger partial charge on any atom is 0.213 e. The average molecular weight is 349 g/mol. The summed E-state index contributed by atoms with van der Waals surface area (Å²) in [5.41, 5.74) is 0.931. The number of methoxy groups -OCH3 is 1. The van der Waals surface area contributed by atoms with Gasteiger partial charge in [0, 0.05) is 37.6 Å². The zero-order valence-corrected chi connectivity index (χ0v) is 14.9. The summed E-state index contributed by atoms with van der Waals surface area (Å²) in [5, 5.41) is 0.528. The van der Waals surface area contributed by atoms with Crippen LogP contribution in [0.3, 0.4) is 0 Å². The number of halogens is 1. The Balaban J connectivity index is 1.61. The first-order valence-electron chi connectivity index (χ1n) is 7.99. The SMILES string of the molecule is COc1ccc(OC2CCN(c3nc(C)nc(Cl)c3C)CC2)cn1. The van der Waals surface area contributed by atoms with Crippen LogP contribution in [0.2, 0.25) is 5.15 Å². The first-order valence-corrected chi connectivity index (χ1v) is 8.37. The van der Waals surface area contributed by atoms with Crippen molar-refractivity contribution < 1.29 is 9.47 Å². The van der Waals surface area contributed by atoms with Gasteiger partial charge in [0.15, 0.2) is 0 Å². The lowest BCUT2D eigenvalue weighted by Crippen LogP contribution is -2.39. The molecule has 0 radical (unpaired) electrons. The average Bonchev–Trinajstić information content (AvgIpc) is 2.59. The summed E-state index contributed by atoms with van der Waals surface area (Å²) in [6, 6.07) is 3.69. The van der Waals surface area contributed by atoms with E-state index in [0.717, 1.165) is 43.1 Å². The van der Waals surface area contributed by atoms with Gasteiger partial charge in [-0.25, -0.2) is 15.0 Å². The third-order valence-electron chi connectivity index (χ3n) is 4.14. The molecule has 0 aliphatic carbocycles. The number of anilines is 1. The second-order valence-corrected chi connectivity index (χ2v) is 6.21. The van der Waals surface area contributed by atoms with Gasteiger partial charge in [-0.2, -0.15) is 0 Å². The number of hydrogen-bond donors (Lipinski definition) is 0. The van der Waals surface area contributed by atoms with Crippen LogP contribution in [0.5, 0.6) is 11.6 Å². The third kappa shape index (κ3) is 3.70. The summed E-state index contributed by atoms with van der Waals surface area (Å²) < 4.78 is 11.1. The molecular formula is C17H21ClN4O2. The lowest BCUT2D eigenvalue weighted by Gasteiger charge is -2.33. The first kappa shape index (κ1) is 16.8. The molecule has 0 amide bonds. The van der Waals surface area contributed by atoms with Crippen LogP contribution in [0.4, 0.5) is 5.82 Å². The highest BCUT2D eigenvalue weighted by Gasteiger charge is 2.23. The van der Waals surface area contributed by atoms with Gasteiger partial charge in [-0.3, -0.25) is 0 Å². The van der Waals surface area contributed by atoms with Crippen LogP contribution in [0.15, 0.2) is 18.3 Å². The molecule has 128 valence electrons. The molecule has 0 unspecified atom stereocenters. The zero-order chi connectivity index (χ0) is 17.1. The molecule has 0 saturated carbocycles. The van der Waals surface area contributed by atoms with Crippen molar-refractivity contribution >= 4 is 17.4 Å². The van der Waals surface area contributed by atoms with Crippen LogP contribution >= 0.6 is 11.6 Å². The zero-order valence-electron chi connectivity index (χ0n) is 14.1. The Bertz CT molecular complexity index is 700. The van der Waals surface area contributed by atoms with Crippen molar-refractivity contribution in [2.75, 3.05) is 25.1 Å². The molecule has 1 aliphatic heterocycles. The highest BCUT2D eigenvalue weighted by molar-refractivity contribution is 6.30. The quantitative estimate of drug-likeness (QED) is 0.791. The molecule has 0 atom stereocenters. The molecule has 0 N–H and O–H groups in total. The van der Waals surface area contributed by atoms with Gasteiger partial charge in [0.1, 0.15) is 28.6 Å². The summed E-state index contributed by atoms with van der Waals surface area (Å²) in [7, 11) is 1.60. The van der Waals surface area contributed by atoms with E-state index in [1.807, 2.05) is 19.9 Å². The fraction of sp³-hybridized carbons (Fsp3) is 0.471. The van der Waals surface area contributed by atoms with E-state index < -0.39 is 0 Å². The van der Waals surface area contributed by atoms with Crippen LogP contribution in [-0.2, 0) is 0 Å². The highest BCUT2D eigenvalue weighted by Crippen LogP contribution is 2.27. The van der Waals surface area contributed by atoms with Crippen LogP contribution in [0.1, 0.15) is 24.2 Å². The molecular weight excluding hydrogens is 328 g/mol. The molecule has 3 heterocycles. The highest BCUT2D eigenvalue weighted by atomic mass is 35.5. The van der Waals surface area contributed by atoms with Crippen LogP contribution in [0, 0.1) is 13.8 Å². The van der Waals surface area contributed by atoms with Crippen molar-refractivity contribution in [1.82, 2.24) is 15.0 Å². The van der Waals surface area contributed by atoms with Gasteiger partial charge < -0.3 is 14.4 Å². The van der Waals surface area contributed by atoms with Crippen LogP contribution in [0.25, 0.3) is 0 Å². The van der Waals surface area contributed by atoms with Gasteiger partial charge in [-0.1, -0.05) is 11.6 Å². The lowest BCUT2D eigenvalue weighted by molar-refractivity contribution is 0.169. The molecule has 1 aliphatic rings.